The van der Waals surface area contributed by atoms with E-state index in [-0.39, 0.29) is 5.91 Å². The van der Waals surface area contributed by atoms with Gasteiger partial charge in [-0.2, -0.15) is 0 Å². The Kier molecular flexibility index (Phi) is 8.68. The van der Waals surface area contributed by atoms with Gasteiger partial charge in [0.25, 0.3) is 0 Å². The van der Waals surface area contributed by atoms with E-state index in [1.807, 2.05) is 12.1 Å². The normalized spacial score (nSPS) is 13.3. The number of amides is 1. The molecule has 1 aromatic carbocycles. The zero-order valence-corrected chi connectivity index (χ0v) is 17.6. The van der Waals surface area contributed by atoms with Gasteiger partial charge >= 0.3 is 0 Å². The van der Waals surface area contributed by atoms with E-state index in [2.05, 4.69) is 51.8 Å². The van der Waals surface area contributed by atoms with E-state index in [0.29, 0.717) is 36.9 Å². The molecule has 0 saturated carbocycles. The molecule has 0 fully saturated rings. The maximum atomic E-state index is 12.5. The Morgan fingerprint density at radius 1 is 1.04 bits per heavy atom. The van der Waals surface area contributed by atoms with Crippen molar-refractivity contribution in [1.29, 1.82) is 0 Å². The van der Waals surface area contributed by atoms with Crippen LogP contribution in [-0.2, 0) is 4.79 Å². The van der Waals surface area contributed by atoms with Gasteiger partial charge in [0.2, 0.25) is 5.91 Å². The van der Waals surface area contributed by atoms with Crippen molar-refractivity contribution in [2.75, 3.05) is 57.8 Å². The summed E-state index contributed by atoms with van der Waals surface area (Å²) in [7, 11) is 0. The molecule has 1 heterocycles. The van der Waals surface area contributed by atoms with E-state index in [1.165, 1.54) is 0 Å². The Hall–Kier alpha value is -1.31. The number of anilines is 1. The summed E-state index contributed by atoms with van der Waals surface area (Å²) in [6, 6.07) is 3.66. The molecule has 0 spiro atoms. The van der Waals surface area contributed by atoms with Crippen molar-refractivity contribution >= 4 is 27.5 Å². The minimum atomic E-state index is -0.0182. The van der Waals surface area contributed by atoms with Crippen LogP contribution >= 0.6 is 15.9 Å². The number of carbonyl (C=O) groups is 1. The molecule has 1 aliphatic heterocycles. The Bertz CT molecular complexity index is 594. The summed E-state index contributed by atoms with van der Waals surface area (Å²) in [6.45, 7) is 12.8. The first-order valence-electron chi connectivity index (χ1n) is 9.41. The molecule has 0 aliphatic carbocycles. The highest BCUT2D eigenvalue weighted by atomic mass is 79.9. The van der Waals surface area contributed by atoms with Gasteiger partial charge in [0.1, 0.15) is 13.2 Å². The molecule has 26 heavy (non-hydrogen) atoms. The molecule has 6 nitrogen and oxygen atoms in total. The summed E-state index contributed by atoms with van der Waals surface area (Å²) >= 11 is 3.50. The summed E-state index contributed by atoms with van der Waals surface area (Å²) in [6.07, 6.45) is 1.03. The Labute approximate surface area is 164 Å². The van der Waals surface area contributed by atoms with Gasteiger partial charge in [-0.3, -0.25) is 9.69 Å². The fraction of sp³-hybridized carbons (Fsp3) is 0.632. The van der Waals surface area contributed by atoms with Crippen LogP contribution in [-0.4, -0.2) is 68.2 Å². The van der Waals surface area contributed by atoms with Crippen LogP contribution in [0, 0.1) is 0 Å². The molecule has 0 radical (unpaired) electrons. The summed E-state index contributed by atoms with van der Waals surface area (Å²) in [5.74, 6) is 1.35. The van der Waals surface area contributed by atoms with Gasteiger partial charge in [0.05, 0.1) is 12.2 Å². The second-order valence-electron chi connectivity index (χ2n) is 6.33. The molecular formula is C19H30BrN3O3. The number of ether oxygens (including phenoxy) is 2. The summed E-state index contributed by atoms with van der Waals surface area (Å²) in [4.78, 5) is 17.1. The zero-order chi connectivity index (χ0) is 18.9. The van der Waals surface area contributed by atoms with Gasteiger partial charge < -0.3 is 19.7 Å². The van der Waals surface area contributed by atoms with Crippen LogP contribution in [0.3, 0.4) is 0 Å². The van der Waals surface area contributed by atoms with Crippen molar-refractivity contribution < 1.29 is 14.3 Å². The lowest BCUT2D eigenvalue weighted by molar-refractivity contribution is -0.117. The minimum absolute atomic E-state index is 0.0182. The van der Waals surface area contributed by atoms with Gasteiger partial charge in [-0.05, 0) is 42.0 Å². The van der Waals surface area contributed by atoms with E-state index in [4.69, 9.17) is 9.47 Å². The fourth-order valence-electron chi connectivity index (χ4n) is 2.96. The molecule has 146 valence electrons. The van der Waals surface area contributed by atoms with Crippen molar-refractivity contribution in [3.8, 4) is 11.5 Å². The number of hydrogen-bond acceptors (Lipinski definition) is 5. The largest absolute Gasteiger partial charge is 0.486 e. The molecule has 0 bridgehead atoms. The minimum Gasteiger partial charge on any atom is -0.486 e. The van der Waals surface area contributed by atoms with Crippen molar-refractivity contribution in [2.45, 2.75) is 27.2 Å². The average molecular weight is 428 g/mol. The molecule has 0 aromatic heterocycles. The van der Waals surface area contributed by atoms with Crippen LogP contribution in [0.1, 0.15) is 27.2 Å². The van der Waals surface area contributed by atoms with Crippen LogP contribution < -0.4 is 14.8 Å². The first-order valence-corrected chi connectivity index (χ1v) is 10.2. The smallest absolute Gasteiger partial charge is 0.238 e. The molecule has 0 atom stereocenters. The molecule has 1 aromatic rings. The standard InChI is InChI=1S/C19H30BrN3O3/c1-4-7-23(9-8-22(5-2)6-3)14-19(24)21-16-13-18-17(12-15(16)20)25-10-11-26-18/h12-13H,4-11,14H2,1-3H3,(H,21,24). The Balaban J connectivity index is 1.94. The molecule has 1 N–H and O–H groups in total. The zero-order valence-electron chi connectivity index (χ0n) is 16.0. The number of benzene rings is 1. The third-order valence-electron chi connectivity index (χ3n) is 4.44. The van der Waals surface area contributed by atoms with Gasteiger partial charge in [0, 0.05) is 29.7 Å². The molecular weight excluding hydrogens is 398 g/mol. The second kappa shape index (κ2) is 10.7. The average Bonchev–Trinajstić information content (AvgIpc) is 2.63. The van der Waals surface area contributed by atoms with Crippen LogP contribution in [0.5, 0.6) is 11.5 Å². The van der Waals surface area contributed by atoms with Gasteiger partial charge in [-0.1, -0.05) is 20.8 Å². The topological polar surface area (TPSA) is 54.0 Å². The highest BCUT2D eigenvalue weighted by Crippen LogP contribution is 2.38. The lowest BCUT2D eigenvalue weighted by atomic mass is 10.2. The van der Waals surface area contributed by atoms with Crippen molar-refractivity contribution in [2.24, 2.45) is 0 Å². The Morgan fingerprint density at radius 3 is 2.27 bits per heavy atom. The monoisotopic (exact) mass is 427 g/mol. The van der Waals surface area contributed by atoms with Crippen LogP contribution in [0.2, 0.25) is 0 Å². The summed E-state index contributed by atoms with van der Waals surface area (Å²) in [5, 5.41) is 2.99. The molecule has 7 heteroatoms. The van der Waals surface area contributed by atoms with Crippen molar-refractivity contribution in [3.63, 3.8) is 0 Å². The predicted molar refractivity (Wildman–Crippen MR) is 108 cm³/mol. The molecule has 1 aliphatic rings. The number of likely N-dealkylation sites (N-methyl/N-ethyl adjacent to an activating group) is 1. The first kappa shape index (κ1) is 21.0. The Morgan fingerprint density at radius 2 is 1.65 bits per heavy atom. The van der Waals surface area contributed by atoms with Gasteiger partial charge in [-0.15, -0.1) is 0 Å². The molecule has 1 amide bonds. The maximum absolute atomic E-state index is 12.5. The maximum Gasteiger partial charge on any atom is 0.238 e. The van der Waals surface area contributed by atoms with E-state index in [9.17, 15) is 4.79 Å². The van der Waals surface area contributed by atoms with Crippen molar-refractivity contribution in [3.05, 3.63) is 16.6 Å². The number of halogens is 1. The van der Waals surface area contributed by atoms with Gasteiger partial charge in [0.15, 0.2) is 11.5 Å². The number of rotatable bonds is 10. The molecule has 2 rings (SSSR count). The number of carbonyl (C=O) groups excluding carboxylic acids is 1. The highest BCUT2D eigenvalue weighted by molar-refractivity contribution is 9.10. The number of nitrogens with one attached hydrogen (secondary N) is 1. The highest BCUT2D eigenvalue weighted by Gasteiger charge is 2.17. The second-order valence-corrected chi connectivity index (χ2v) is 7.18. The molecule has 0 unspecified atom stereocenters. The first-order chi connectivity index (χ1) is 12.6. The predicted octanol–water partition coefficient (Wildman–Crippen LogP) is 3.21. The lowest BCUT2D eigenvalue weighted by Gasteiger charge is -2.25. The fourth-order valence-corrected chi connectivity index (χ4v) is 3.38. The van der Waals surface area contributed by atoms with E-state index in [1.54, 1.807) is 0 Å². The number of nitrogens with zero attached hydrogens (tertiary/aromatic N) is 2. The van der Waals surface area contributed by atoms with E-state index >= 15 is 0 Å². The van der Waals surface area contributed by atoms with Crippen LogP contribution in [0.25, 0.3) is 0 Å². The number of hydrogen-bond donors (Lipinski definition) is 1. The van der Waals surface area contributed by atoms with E-state index < -0.39 is 0 Å². The van der Waals surface area contributed by atoms with Crippen LogP contribution in [0.15, 0.2) is 16.6 Å². The lowest BCUT2D eigenvalue weighted by Crippen LogP contribution is -2.39. The number of fused-ring (bicyclic) bond motifs is 1. The van der Waals surface area contributed by atoms with Crippen molar-refractivity contribution in [1.82, 2.24) is 9.80 Å². The third-order valence-corrected chi connectivity index (χ3v) is 5.10. The summed E-state index contributed by atoms with van der Waals surface area (Å²) < 4.78 is 11.9. The quantitative estimate of drug-likeness (QED) is 0.621. The van der Waals surface area contributed by atoms with Crippen LogP contribution in [0.4, 0.5) is 5.69 Å². The van der Waals surface area contributed by atoms with Gasteiger partial charge in [-0.25, -0.2) is 0 Å². The third kappa shape index (κ3) is 6.14. The summed E-state index contributed by atoms with van der Waals surface area (Å²) in [5.41, 5.74) is 0.708. The SMILES string of the molecule is CCCN(CCN(CC)CC)CC(=O)Nc1cc2c(cc1Br)OCCO2. The molecule has 0 saturated heterocycles. The van der Waals surface area contributed by atoms with E-state index in [0.717, 1.165) is 43.6 Å².